The first-order valence-corrected chi connectivity index (χ1v) is 6.03. The van der Waals surface area contributed by atoms with Crippen LogP contribution in [0.4, 0.5) is 4.39 Å². The Bertz CT molecular complexity index is 759. The molecule has 1 aromatic heterocycles. The van der Waals surface area contributed by atoms with Crippen LogP contribution in [0.2, 0.25) is 0 Å². The largest absolute Gasteiger partial charge is 0.346 e. The lowest BCUT2D eigenvalue weighted by atomic mass is 10.1. The Morgan fingerprint density at radius 1 is 0.944 bits per heavy atom. The normalized spacial score (nSPS) is 10.7. The highest BCUT2D eigenvalue weighted by atomic mass is 32.1. The quantitative estimate of drug-likeness (QED) is 0.623. The number of rotatable bonds is 1. The molecule has 1 nitrogen and oxygen atoms in total. The van der Waals surface area contributed by atoms with Gasteiger partial charge in [-0.3, -0.25) is 0 Å². The fraction of sp³-hybridized carbons (Fsp3) is 0. The highest BCUT2D eigenvalue weighted by Crippen LogP contribution is 2.24. The Balaban J connectivity index is 2.26. The third-order valence-electron chi connectivity index (χ3n) is 2.91. The van der Waals surface area contributed by atoms with Crippen LogP contribution >= 0.6 is 12.2 Å². The molecule has 0 radical (unpaired) electrons. The van der Waals surface area contributed by atoms with Crippen LogP contribution < -0.4 is 0 Å². The van der Waals surface area contributed by atoms with Crippen molar-refractivity contribution in [3.8, 4) is 11.1 Å². The molecule has 0 spiro atoms. The summed E-state index contributed by atoms with van der Waals surface area (Å²) in [6.07, 6.45) is 0. The monoisotopic (exact) mass is 255 g/mol. The van der Waals surface area contributed by atoms with E-state index in [-0.39, 0.29) is 5.82 Å². The van der Waals surface area contributed by atoms with Gasteiger partial charge >= 0.3 is 0 Å². The number of halogens is 1. The number of H-pyrrole nitrogens is 1. The van der Waals surface area contributed by atoms with Crippen molar-refractivity contribution in [1.29, 1.82) is 0 Å². The van der Waals surface area contributed by atoms with Crippen molar-refractivity contribution in [2.24, 2.45) is 0 Å². The third kappa shape index (κ3) is 1.93. The Morgan fingerprint density at radius 3 is 2.44 bits per heavy atom. The summed E-state index contributed by atoms with van der Waals surface area (Å²) in [5, 5.41) is 1.09. The molecular formula is C15H10FNS. The second-order valence-electron chi connectivity index (χ2n) is 4.11. The fourth-order valence-electron chi connectivity index (χ4n) is 1.99. The molecule has 0 bridgehead atoms. The smallest absolute Gasteiger partial charge is 0.123 e. The van der Waals surface area contributed by atoms with Crippen LogP contribution in [0.5, 0.6) is 0 Å². The minimum Gasteiger partial charge on any atom is -0.346 e. The molecule has 0 atom stereocenters. The van der Waals surface area contributed by atoms with Gasteiger partial charge in [0.05, 0.1) is 0 Å². The van der Waals surface area contributed by atoms with Crippen molar-refractivity contribution in [1.82, 2.24) is 4.98 Å². The predicted molar refractivity (Wildman–Crippen MR) is 74.5 cm³/mol. The Kier molecular flexibility index (Phi) is 2.68. The number of fused-ring (bicyclic) bond motifs is 1. The molecule has 0 fully saturated rings. The standard InChI is InChI=1S/C15H10FNS/c16-12-7-5-10(6-8-12)13-9-11-3-1-2-4-14(11)17-15(13)18/h1-9H,(H,17,18). The van der Waals surface area contributed by atoms with Gasteiger partial charge in [-0.1, -0.05) is 42.5 Å². The van der Waals surface area contributed by atoms with Gasteiger partial charge in [0.1, 0.15) is 10.5 Å². The zero-order valence-electron chi connectivity index (χ0n) is 9.48. The number of hydrogen-bond acceptors (Lipinski definition) is 1. The number of aromatic amines is 1. The number of para-hydroxylation sites is 1. The maximum atomic E-state index is 12.9. The van der Waals surface area contributed by atoms with Crippen LogP contribution in [0.25, 0.3) is 22.0 Å². The Hall–Kier alpha value is -2.00. The van der Waals surface area contributed by atoms with E-state index in [1.54, 1.807) is 12.1 Å². The van der Waals surface area contributed by atoms with E-state index in [4.69, 9.17) is 12.2 Å². The maximum absolute atomic E-state index is 12.9. The lowest BCUT2D eigenvalue weighted by molar-refractivity contribution is 0.628. The first-order valence-electron chi connectivity index (χ1n) is 5.62. The minimum atomic E-state index is -0.241. The van der Waals surface area contributed by atoms with Crippen molar-refractivity contribution in [3.63, 3.8) is 0 Å². The summed E-state index contributed by atoms with van der Waals surface area (Å²) >= 11 is 5.34. The third-order valence-corrected chi connectivity index (χ3v) is 3.23. The van der Waals surface area contributed by atoms with E-state index in [0.717, 1.165) is 22.0 Å². The number of hydrogen-bond donors (Lipinski definition) is 1. The summed E-state index contributed by atoms with van der Waals surface area (Å²) < 4.78 is 13.6. The molecule has 0 saturated carbocycles. The predicted octanol–water partition coefficient (Wildman–Crippen LogP) is 4.70. The molecule has 0 aliphatic rings. The summed E-state index contributed by atoms with van der Waals surface area (Å²) in [5.74, 6) is -0.241. The van der Waals surface area contributed by atoms with Gasteiger partial charge in [0.15, 0.2) is 0 Å². The van der Waals surface area contributed by atoms with Crippen LogP contribution in [0.15, 0.2) is 54.6 Å². The van der Waals surface area contributed by atoms with E-state index >= 15 is 0 Å². The van der Waals surface area contributed by atoms with E-state index in [0.29, 0.717) is 4.64 Å². The number of nitrogens with one attached hydrogen (secondary N) is 1. The van der Waals surface area contributed by atoms with Gasteiger partial charge in [0, 0.05) is 11.1 Å². The summed E-state index contributed by atoms with van der Waals surface area (Å²) in [4.78, 5) is 3.19. The van der Waals surface area contributed by atoms with Crippen LogP contribution in [0, 0.1) is 10.5 Å². The number of pyridine rings is 1. The lowest BCUT2D eigenvalue weighted by Crippen LogP contribution is -1.86. The molecule has 0 amide bonds. The van der Waals surface area contributed by atoms with E-state index in [9.17, 15) is 4.39 Å². The van der Waals surface area contributed by atoms with Gasteiger partial charge in [-0.15, -0.1) is 0 Å². The van der Waals surface area contributed by atoms with Gasteiger partial charge < -0.3 is 4.98 Å². The second kappa shape index (κ2) is 4.35. The first kappa shape index (κ1) is 11.1. The molecule has 3 aromatic rings. The van der Waals surface area contributed by atoms with Crippen molar-refractivity contribution < 1.29 is 4.39 Å². The van der Waals surface area contributed by atoms with E-state index < -0.39 is 0 Å². The molecule has 3 rings (SSSR count). The summed E-state index contributed by atoms with van der Waals surface area (Å²) in [6.45, 7) is 0. The van der Waals surface area contributed by atoms with Gasteiger partial charge in [0.25, 0.3) is 0 Å². The summed E-state index contributed by atoms with van der Waals surface area (Å²) in [7, 11) is 0. The maximum Gasteiger partial charge on any atom is 0.123 e. The molecule has 88 valence electrons. The SMILES string of the molecule is Fc1ccc(-c2cc3ccccc3[nH]c2=S)cc1. The Morgan fingerprint density at radius 2 is 1.67 bits per heavy atom. The summed E-state index contributed by atoms with van der Waals surface area (Å²) in [6, 6.07) is 16.3. The van der Waals surface area contributed by atoms with Crippen molar-refractivity contribution >= 4 is 23.1 Å². The lowest BCUT2D eigenvalue weighted by Gasteiger charge is -2.05. The van der Waals surface area contributed by atoms with E-state index in [1.165, 1.54) is 12.1 Å². The summed E-state index contributed by atoms with van der Waals surface area (Å²) in [5.41, 5.74) is 2.85. The highest BCUT2D eigenvalue weighted by Gasteiger charge is 2.03. The first-order chi connectivity index (χ1) is 8.74. The van der Waals surface area contributed by atoms with Crippen LogP contribution in [-0.4, -0.2) is 4.98 Å². The molecule has 0 saturated heterocycles. The Labute approximate surface area is 109 Å². The zero-order chi connectivity index (χ0) is 12.5. The fourth-order valence-corrected chi connectivity index (χ4v) is 2.28. The van der Waals surface area contributed by atoms with E-state index in [1.807, 2.05) is 30.3 Å². The molecule has 0 aliphatic heterocycles. The number of benzene rings is 2. The van der Waals surface area contributed by atoms with Crippen LogP contribution in [0.1, 0.15) is 0 Å². The molecular weight excluding hydrogens is 245 g/mol. The van der Waals surface area contributed by atoms with E-state index in [2.05, 4.69) is 4.98 Å². The highest BCUT2D eigenvalue weighted by molar-refractivity contribution is 7.71. The van der Waals surface area contributed by atoms with Crippen LogP contribution in [0.3, 0.4) is 0 Å². The number of aromatic nitrogens is 1. The average molecular weight is 255 g/mol. The van der Waals surface area contributed by atoms with Crippen molar-refractivity contribution in [2.45, 2.75) is 0 Å². The average Bonchev–Trinajstić information content (AvgIpc) is 2.39. The molecule has 1 N–H and O–H groups in total. The van der Waals surface area contributed by atoms with Gasteiger partial charge in [-0.25, -0.2) is 4.39 Å². The molecule has 3 heteroatoms. The molecule has 0 aliphatic carbocycles. The molecule has 1 heterocycles. The molecule has 18 heavy (non-hydrogen) atoms. The van der Waals surface area contributed by atoms with Gasteiger partial charge in [0.2, 0.25) is 0 Å². The minimum absolute atomic E-state index is 0.241. The van der Waals surface area contributed by atoms with Crippen LogP contribution in [-0.2, 0) is 0 Å². The van der Waals surface area contributed by atoms with Gasteiger partial charge in [-0.05, 0) is 35.2 Å². The zero-order valence-corrected chi connectivity index (χ0v) is 10.3. The van der Waals surface area contributed by atoms with Crippen molar-refractivity contribution in [2.75, 3.05) is 0 Å². The van der Waals surface area contributed by atoms with Gasteiger partial charge in [-0.2, -0.15) is 0 Å². The second-order valence-corrected chi connectivity index (χ2v) is 4.51. The molecule has 2 aromatic carbocycles. The topological polar surface area (TPSA) is 15.8 Å². The van der Waals surface area contributed by atoms with Crippen molar-refractivity contribution in [3.05, 3.63) is 65.1 Å². The molecule has 0 unspecified atom stereocenters.